The number of hydrogen-bond donors (Lipinski definition) is 0. The smallest absolute Gasteiger partial charge is 0.406 e. The summed E-state index contributed by atoms with van der Waals surface area (Å²) in [5.74, 6) is -0.442. The Morgan fingerprint density at radius 3 is 2.16 bits per heavy atom. The average Bonchev–Trinajstić information content (AvgIpc) is 3.04. The number of alkyl halides is 3. The standard InChI is InChI=1S/C35H35F3N4O2/c1-40(31-17-21-39-22-18-31)30-12-7-29(8-13-30)26-42(32-19-23-41(24-20-32)25-28-5-3-2-4-6-28)34(43)16-11-27-9-14-33(15-10-27)44-35(36,37)38/h2-18,21-22,32H,19-20,23-26H2,1H3. The van der Waals surface area contributed by atoms with Crippen molar-refractivity contribution in [3.8, 4) is 5.75 Å². The number of carbonyl (C=O) groups is 1. The van der Waals surface area contributed by atoms with Crippen molar-refractivity contribution < 1.29 is 22.7 Å². The van der Waals surface area contributed by atoms with Crippen LogP contribution in [-0.2, 0) is 17.9 Å². The predicted molar refractivity (Wildman–Crippen MR) is 166 cm³/mol. The van der Waals surface area contributed by atoms with Crippen LogP contribution in [0.4, 0.5) is 24.5 Å². The first-order valence-corrected chi connectivity index (χ1v) is 14.6. The van der Waals surface area contributed by atoms with Gasteiger partial charge in [0.1, 0.15) is 5.75 Å². The summed E-state index contributed by atoms with van der Waals surface area (Å²) in [4.78, 5) is 24.1. The molecule has 1 aromatic heterocycles. The van der Waals surface area contributed by atoms with Crippen LogP contribution < -0.4 is 9.64 Å². The molecule has 1 aliphatic heterocycles. The van der Waals surface area contributed by atoms with E-state index in [-0.39, 0.29) is 17.7 Å². The highest BCUT2D eigenvalue weighted by Crippen LogP contribution is 2.26. The third kappa shape index (κ3) is 8.70. The summed E-state index contributed by atoms with van der Waals surface area (Å²) in [6, 6.07) is 28.0. The van der Waals surface area contributed by atoms with E-state index in [1.54, 1.807) is 18.5 Å². The number of halogens is 3. The Morgan fingerprint density at radius 2 is 1.52 bits per heavy atom. The van der Waals surface area contributed by atoms with Gasteiger partial charge in [-0.15, -0.1) is 13.2 Å². The molecule has 0 unspecified atom stereocenters. The van der Waals surface area contributed by atoms with Crippen LogP contribution in [0.25, 0.3) is 6.08 Å². The number of pyridine rings is 1. The maximum absolute atomic E-state index is 13.6. The second kappa shape index (κ2) is 14.2. The highest BCUT2D eigenvalue weighted by molar-refractivity contribution is 5.92. The molecule has 0 radical (unpaired) electrons. The number of nitrogens with zero attached hydrogens (tertiary/aromatic N) is 4. The molecule has 4 aromatic rings. The van der Waals surface area contributed by atoms with E-state index in [0.29, 0.717) is 12.1 Å². The van der Waals surface area contributed by atoms with E-state index in [4.69, 9.17) is 0 Å². The molecule has 0 spiro atoms. The lowest BCUT2D eigenvalue weighted by atomic mass is 10.0. The number of ether oxygens (including phenoxy) is 1. The first kappa shape index (κ1) is 30.8. The topological polar surface area (TPSA) is 48.9 Å². The highest BCUT2D eigenvalue weighted by atomic mass is 19.4. The Balaban J connectivity index is 1.28. The number of benzene rings is 3. The molecule has 9 heteroatoms. The first-order valence-electron chi connectivity index (χ1n) is 14.6. The van der Waals surface area contributed by atoms with Crippen molar-refractivity contribution in [2.24, 2.45) is 0 Å². The lowest BCUT2D eigenvalue weighted by molar-refractivity contribution is -0.274. The van der Waals surface area contributed by atoms with Gasteiger partial charge in [-0.3, -0.25) is 14.7 Å². The zero-order chi connectivity index (χ0) is 30.9. The van der Waals surface area contributed by atoms with Crippen molar-refractivity contribution in [3.63, 3.8) is 0 Å². The van der Waals surface area contributed by atoms with Crippen LogP contribution in [0.15, 0.2) is 109 Å². The minimum atomic E-state index is -4.75. The van der Waals surface area contributed by atoms with Gasteiger partial charge in [-0.2, -0.15) is 0 Å². The van der Waals surface area contributed by atoms with Gasteiger partial charge >= 0.3 is 6.36 Å². The molecule has 1 saturated heterocycles. The van der Waals surface area contributed by atoms with Crippen LogP contribution >= 0.6 is 0 Å². The van der Waals surface area contributed by atoms with E-state index in [1.165, 1.54) is 35.9 Å². The largest absolute Gasteiger partial charge is 0.573 e. The molecule has 44 heavy (non-hydrogen) atoms. The van der Waals surface area contributed by atoms with Crippen molar-refractivity contribution in [1.29, 1.82) is 0 Å². The van der Waals surface area contributed by atoms with Gasteiger partial charge in [0.05, 0.1) is 0 Å². The number of amides is 1. The van der Waals surface area contributed by atoms with E-state index >= 15 is 0 Å². The van der Waals surface area contributed by atoms with Gasteiger partial charge in [-0.1, -0.05) is 54.6 Å². The van der Waals surface area contributed by atoms with Gasteiger partial charge in [0.25, 0.3) is 0 Å². The maximum atomic E-state index is 13.6. The molecule has 3 aromatic carbocycles. The minimum Gasteiger partial charge on any atom is -0.406 e. The Hall–Kier alpha value is -4.63. The van der Waals surface area contributed by atoms with E-state index in [9.17, 15) is 18.0 Å². The van der Waals surface area contributed by atoms with E-state index < -0.39 is 6.36 Å². The average molecular weight is 601 g/mol. The number of rotatable bonds is 10. The molecule has 0 N–H and O–H groups in total. The van der Waals surface area contributed by atoms with Crippen molar-refractivity contribution >= 4 is 23.4 Å². The molecule has 6 nitrogen and oxygen atoms in total. The third-order valence-electron chi connectivity index (χ3n) is 7.79. The van der Waals surface area contributed by atoms with Crippen LogP contribution in [0, 0.1) is 0 Å². The summed E-state index contributed by atoms with van der Waals surface area (Å²) in [7, 11) is 2.00. The second-order valence-corrected chi connectivity index (χ2v) is 10.8. The highest BCUT2D eigenvalue weighted by Gasteiger charge is 2.31. The van der Waals surface area contributed by atoms with Crippen molar-refractivity contribution in [3.05, 3.63) is 126 Å². The molecule has 0 atom stereocenters. The van der Waals surface area contributed by atoms with E-state index in [2.05, 4.69) is 31.7 Å². The molecule has 228 valence electrons. The van der Waals surface area contributed by atoms with Crippen molar-refractivity contribution in [2.75, 3.05) is 25.0 Å². The van der Waals surface area contributed by atoms with Crippen LogP contribution in [0.1, 0.15) is 29.5 Å². The summed E-state index contributed by atoms with van der Waals surface area (Å²) in [6.45, 7) is 3.08. The quantitative estimate of drug-likeness (QED) is 0.177. The molecule has 2 heterocycles. The molecular formula is C35H35F3N4O2. The third-order valence-corrected chi connectivity index (χ3v) is 7.79. The van der Waals surface area contributed by atoms with Crippen LogP contribution in [0.3, 0.4) is 0 Å². The Morgan fingerprint density at radius 1 is 0.886 bits per heavy atom. The maximum Gasteiger partial charge on any atom is 0.573 e. The van der Waals surface area contributed by atoms with Crippen LogP contribution in [-0.4, -0.2) is 53.2 Å². The SMILES string of the molecule is CN(c1ccncc1)c1ccc(CN(C(=O)C=Cc2ccc(OC(F)(F)F)cc2)C2CCN(Cc3ccccc3)CC2)cc1. The van der Waals surface area contributed by atoms with Gasteiger partial charge in [-0.25, -0.2) is 0 Å². The summed E-state index contributed by atoms with van der Waals surface area (Å²) in [5, 5.41) is 0. The van der Waals surface area contributed by atoms with Gasteiger partial charge in [-0.05, 0) is 72.0 Å². The molecule has 0 saturated carbocycles. The number of piperidine rings is 1. The Bertz CT molecular complexity index is 1500. The van der Waals surface area contributed by atoms with Crippen molar-refractivity contribution in [1.82, 2.24) is 14.8 Å². The normalized spacial score (nSPS) is 14.5. The Kier molecular flexibility index (Phi) is 9.96. The second-order valence-electron chi connectivity index (χ2n) is 10.8. The van der Waals surface area contributed by atoms with Gasteiger partial charge in [0.2, 0.25) is 5.91 Å². The summed E-state index contributed by atoms with van der Waals surface area (Å²) < 4.78 is 41.5. The molecular weight excluding hydrogens is 565 g/mol. The predicted octanol–water partition coefficient (Wildman–Crippen LogP) is 7.45. The molecule has 1 amide bonds. The minimum absolute atomic E-state index is 0.0564. The Labute approximate surface area is 256 Å². The van der Waals surface area contributed by atoms with Gasteiger partial charge < -0.3 is 14.5 Å². The lowest BCUT2D eigenvalue weighted by Crippen LogP contribution is -2.46. The fourth-order valence-electron chi connectivity index (χ4n) is 5.40. The number of likely N-dealkylation sites (tertiary alicyclic amines) is 1. The summed E-state index contributed by atoms with van der Waals surface area (Å²) >= 11 is 0. The zero-order valence-electron chi connectivity index (χ0n) is 24.5. The number of carbonyl (C=O) groups excluding carboxylic acids is 1. The van der Waals surface area contributed by atoms with Crippen molar-refractivity contribution in [2.45, 2.75) is 38.3 Å². The number of anilines is 2. The van der Waals surface area contributed by atoms with Crippen LogP contribution in [0.2, 0.25) is 0 Å². The molecule has 1 fully saturated rings. The van der Waals surface area contributed by atoms with Crippen LogP contribution in [0.5, 0.6) is 5.75 Å². The van der Waals surface area contributed by atoms with Gasteiger partial charge in [0.15, 0.2) is 0 Å². The van der Waals surface area contributed by atoms with E-state index in [0.717, 1.165) is 49.4 Å². The fourth-order valence-corrected chi connectivity index (χ4v) is 5.40. The fraction of sp³-hybridized carbons (Fsp3) is 0.257. The number of hydrogen-bond acceptors (Lipinski definition) is 5. The first-order chi connectivity index (χ1) is 21.2. The molecule has 0 aliphatic carbocycles. The summed E-state index contributed by atoms with van der Waals surface area (Å²) in [6.07, 6.45) is 3.58. The lowest BCUT2D eigenvalue weighted by Gasteiger charge is -2.38. The van der Waals surface area contributed by atoms with Gasteiger partial charge in [0, 0.05) is 69.1 Å². The molecule has 5 rings (SSSR count). The zero-order valence-corrected chi connectivity index (χ0v) is 24.5. The monoisotopic (exact) mass is 600 g/mol. The van der Waals surface area contributed by atoms with E-state index in [1.807, 2.05) is 66.5 Å². The summed E-state index contributed by atoms with van der Waals surface area (Å²) in [5.41, 5.74) is 4.93. The number of aromatic nitrogens is 1. The molecule has 0 bridgehead atoms. The molecule has 1 aliphatic rings.